The lowest BCUT2D eigenvalue weighted by atomic mass is 10.2. The van der Waals surface area contributed by atoms with Gasteiger partial charge >= 0.3 is 5.69 Å². The molecule has 3 aromatic rings. The van der Waals surface area contributed by atoms with E-state index >= 15 is 0 Å². The Morgan fingerprint density at radius 2 is 1.97 bits per heavy atom. The lowest BCUT2D eigenvalue weighted by molar-refractivity contribution is 0.0937. The Kier molecular flexibility index (Phi) is 6.31. The number of aliphatic hydroxyl groups excluding tert-OH is 1. The van der Waals surface area contributed by atoms with E-state index in [2.05, 4.69) is 10.3 Å². The standard InChI is InChI=1S/C21H29N5O4/c1-6-14(3)22-20-23-18-17(19(28)25(5)21(29)24(18)4)26(20)11-15(27)12-30-16-9-7-8-13(2)10-16/h7-10,14-15,27H,6,11-12H2,1-5H3,(H,22,23)/t14-,15+/m0/s1. The summed E-state index contributed by atoms with van der Waals surface area (Å²) in [5.74, 6) is 1.10. The molecule has 30 heavy (non-hydrogen) atoms. The molecule has 1 aromatic carbocycles. The van der Waals surface area contributed by atoms with Crippen LogP contribution in [0.3, 0.4) is 0 Å². The molecule has 0 saturated carbocycles. The van der Waals surface area contributed by atoms with Gasteiger partial charge in [-0.2, -0.15) is 4.98 Å². The summed E-state index contributed by atoms with van der Waals surface area (Å²) in [7, 11) is 3.01. The lowest BCUT2D eigenvalue weighted by Crippen LogP contribution is -2.38. The zero-order chi connectivity index (χ0) is 22.0. The smallest absolute Gasteiger partial charge is 0.332 e. The van der Waals surface area contributed by atoms with Gasteiger partial charge in [0.25, 0.3) is 5.56 Å². The van der Waals surface area contributed by atoms with Crippen molar-refractivity contribution in [1.29, 1.82) is 0 Å². The fourth-order valence-electron chi connectivity index (χ4n) is 3.22. The first-order valence-electron chi connectivity index (χ1n) is 10.0. The van der Waals surface area contributed by atoms with Crippen LogP contribution in [0.5, 0.6) is 5.75 Å². The van der Waals surface area contributed by atoms with Crippen LogP contribution in [0.25, 0.3) is 11.2 Å². The summed E-state index contributed by atoms with van der Waals surface area (Å²) in [6.45, 7) is 6.14. The van der Waals surface area contributed by atoms with E-state index in [4.69, 9.17) is 4.74 Å². The van der Waals surface area contributed by atoms with E-state index in [1.807, 2.05) is 45.0 Å². The van der Waals surface area contributed by atoms with Gasteiger partial charge in [0, 0.05) is 20.1 Å². The van der Waals surface area contributed by atoms with Gasteiger partial charge in [0.05, 0.1) is 6.54 Å². The number of aromatic nitrogens is 4. The Bertz CT molecular complexity index is 1160. The molecule has 0 radical (unpaired) electrons. The Hall–Kier alpha value is -3.07. The van der Waals surface area contributed by atoms with Crippen molar-refractivity contribution >= 4 is 17.1 Å². The molecule has 0 spiro atoms. The van der Waals surface area contributed by atoms with E-state index in [0.717, 1.165) is 16.6 Å². The van der Waals surface area contributed by atoms with E-state index in [9.17, 15) is 14.7 Å². The second-order valence-electron chi connectivity index (χ2n) is 7.66. The third-order valence-corrected chi connectivity index (χ3v) is 5.16. The third-order valence-electron chi connectivity index (χ3n) is 5.16. The molecule has 0 aliphatic carbocycles. The molecule has 3 rings (SSSR count). The van der Waals surface area contributed by atoms with Crippen LogP contribution in [0.1, 0.15) is 25.8 Å². The van der Waals surface area contributed by atoms with Gasteiger partial charge in [0.1, 0.15) is 18.5 Å². The van der Waals surface area contributed by atoms with E-state index in [-0.39, 0.29) is 30.4 Å². The molecule has 2 atom stereocenters. The highest BCUT2D eigenvalue weighted by atomic mass is 16.5. The number of benzene rings is 1. The first kappa shape index (κ1) is 21.6. The van der Waals surface area contributed by atoms with Gasteiger partial charge in [0.15, 0.2) is 11.2 Å². The van der Waals surface area contributed by atoms with Gasteiger partial charge in [0.2, 0.25) is 5.95 Å². The zero-order valence-electron chi connectivity index (χ0n) is 18.0. The van der Waals surface area contributed by atoms with Gasteiger partial charge in [-0.05, 0) is 38.0 Å². The summed E-state index contributed by atoms with van der Waals surface area (Å²) >= 11 is 0. The quantitative estimate of drug-likeness (QED) is 0.576. The van der Waals surface area contributed by atoms with Gasteiger partial charge in [-0.25, -0.2) is 4.79 Å². The number of nitrogens with one attached hydrogen (secondary N) is 1. The van der Waals surface area contributed by atoms with Crippen molar-refractivity contribution in [1.82, 2.24) is 18.7 Å². The van der Waals surface area contributed by atoms with Crippen molar-refractivity contribution in [2.75, 3.05) is 11.9 Å². The zero-order valence-corrected chi connectivity index (χ0v) is 18.0. The first-order valence-corrected chi connectivity index (χ1v) is 10.0. The minimum atomic E-state index is -0.887. The van der Waals surface area contributed by atoms with Crippen molar-refractivity contribution in [2.24, 2.45) is 14.1 Å². The predicted molar refractivity (Wildman–Crippen MR) is 116 cm³/mol. The molecule has 0 fully saturated rings. The molecule has 2 N–H and O–H groups in total. The molecule has 0 bridgehead atoms. The SMILES string of the molecule is CC[C@H](C)Nc1nc2c(c(=O)n(C)c(=O)n2C)n1C[C@@H](O)COc1cccc(C)c1. The van der Waals surface area contributed by atoms with Crippen LogP contribution in [-0.2, 0) is 20.6 Å². The van der Waals surface area contributed by atoms with Gasteiger partial charge in [-0.3, -0.25) is 13.9 Å². The number of aliphatic hydroxyl groups is 1. The molecule has 9 nitrogen and oxygen atoms in total. The summed E-state index contributed by atoms with van der Waals surface area (Å²) in [5, 5.41) is 13.9. The van der Waals surface area contributed by atoms with E-state index in [0.29, 0.717) is 11.7 Å². The molecule has 0 saturated heterocycles. The van der Waals surface area contributed by atoms with Gasteiger partial charge in [-0.15, -0.1) is 0 Å². The number of nitrogens with zero attached hydrogens (tertiary/aromatic N) is 4. The highest BCUT2D eigenvalue weighted by molar-refractivity contribution is 5.74. The summed E-state index contributed by atoms with van der Waals surface area (Å²) in [5.41, 5.74) is 0.702. The lowest BCUT2D eigenvalue weighted by Gasteiger charge is -2.18. The average Bonchev–Trinajstić information content (AvgIpc) is 3.07. The van der Waals surface area contributed by atoms with Crippen LogP contribution in [0.2, 0.25) is 0 Å². The van der Waals surface area contributed by atoms with E-state index in [1.54, 1.807) is 11.6 Å². The fraction of sp³-hybridized carbons (Fsp3) is 0.476. The van der Waals surface area contributed by atoms with Crippen molar-refractivity contribution < 1.29 is 9.84 Å². The number of ether oxygens (including phenoxy) is 1. The number of aryl methyl sites for hydroxylation is 2. The van der Waals surface area contributed by atoms with Crippen LogP contribution in [0.15, 0.2) is 33.9 Å². The van der Waals surface area contributed by atoms with Crippen molar-refractivity contribution in [3.63, 3.8) is 0 Å². The van der Waals surface area contributed by atoms with Crippen LogP contribution in [0, 0.1) is 6.92 Å². The van der Waals surface area contributed by atoms with Gasteiger partial charge in [-0.1, -0.05) is 19.1 Å². The predicted octanol–water partition coefficient (Wildman–Crippen LogP) is 1.39. The number of anilines is 1. The summed E-state index contributed by atoms with van der Waals surface area (Å²) in [6.07, 6.45) is -0.0403. The summed E-state index contributed by atoms with van der Waals surface area (Å²) in [4.78, 5) is 29.6. The minimum absolute atomic E-state index is 0.0535. The molecule has 2 heterocycles. The molecule has 0 amide bonds. The van der Waals surface area contributed by atoms with E-state index in [1.165, 1.54) is 11.6 Å². The maximum Gasteiger partial charge on any atom is 0.332 e. The number of imidazole rings is 1. The van der Waals surface area contributed by atoms with E-state index < -0.39 is 17.4 Å². The maximum atomic E-state index is 12.8. The van der Waals surface area contributed by atoms with Crippen molar-refractivity contribution in [2.45, 2.75) is 45.9 Å². The Morgan fingerprint density at radius 3 is 2.63 bits per heavy atom. The third kappa shape index (κ3) is 4.25. The molecule has 2 aromatic heterocycles. The fourth-order valence-corrected chi connectivity index (χ4v) is 3.22. The molecule has 0 aliphatic rings. The van der Waals surface area contributed by atoms with Crippen LogP contribution in [0.4, 0.5) is 5.95 Å². The molecule has 9 heteroatoms. The second kappa shape index (κ2) is 8.74. The van der Waals surface area contributed by atoms with Crippen molar-refractivity contribution in [3.05, 3.63) is 50.7 Å². The number of fused-ring (bicyclic) bond motifs is 1. The summed E-state index contributed by atoms with van der Waals surface area (Å²) in [6, 6.07) is 7.67. The molecule has 162 valence electrons. The summed E-state index contributed by atoms with van der Waals surface area (Å²) < 4.78 is 9.72. The molecule has 0 unspecified atom stereocenters. The molecular weight excluding hydrogens is 386 g/mol. The highest BCUT2D eigenvalue weighted by Crippen LogP contribution is 2.18. The monoisotopic (exact) mass is 415 g/mol. The average molecular weight is 415 g/mol. The van der Waals surface area contributed by atoms with Gasteiger partial charge < -0.3 is 19.7 Å². The maximum absolute atomic E-state index is 12.8. The largest absolute Gasteiger partial charge is 0.491 e. The van der Waals surface area contributed by atoms with Crippen LogP contribution >= 0.6 is 0 Å². The number of hydrogen-bond donors (Lipinski definition) is 2. The Balaban J connectivity index is 1.96. The molecule has 0 aliphatic heterocycles. The second-order valence-corrected chi connectivity index (χ2v) is 7.66. The minimum Gasteiger partial charge on any atom is -0.491 e. The normalized spacial score (nSPS) is 13.4. The van der Waals surface area contributed by atoms with Crippen LogP contribution < -0.4 is 21.3 Å². The molecular formula is C21H29N5O4. The Labute approximate surface area is 174 Å². The number of rotatable bonds is 8. The topological polar surface area (TPSA) is 103 Å². The highest BCUT2D eigenvalue weighted by Gasteiger charge is 2.22. The number of hydrogen-bond acceptors (Lipinski definition) is 6. The van der Waals surface area contributed by atoms with Crippen molar-refractivity contribution in [3.8, 4) is 5.75 Å². The first-order chi connectivity index (χ1) is 14.2. The Morgan fingerprint density at radius 1 is 1.23 bits per heavy atom. The van der Waals surface area contributed by atoms with Crippen LogP contribution in [-0.4, -0.2) is 42.5 Å².